The molecule has 98 heavy (non-hydrogen) atoms. The Bertz CT molecular complexity index is 4170. The van der Waals surface area contributed by atoms with Crippen molar-refractivity contribution < 1.29 is 0 Å². The summed E-state index contributed by atoms with van der Waals surface area (Å²) >= 11 is 10.7. The Hall–Kier alpha value is -8.04. The molecule has 0 atom stereocenters. The minimum atomic E-state index is 1.32. The monoisotopic (exact) mass is 1400 g/mol. The van der Waals surface area contributed by atoms with Crippen molar-refractivity contribution in [1.82, 2.24) is 0 Å². The summed E-state index contributed by atoms with van der Waals surface area (Å²) in [7, 11) is 0. The molecule has 6 heterocycles. The highest BCUT2D eigenvalue weighted by molar-refractivity contribution is 7.21. The van der Waals surface area contributed by atoms with E-state index in [1.807, 2.05) is 57.2 Å². The summed E-state index contributed by atoms with van der Waals surface area (Å²) in [6, 6.07) is 87.1. The number of hydrogen-bond acceptors (Lipinski definition) is 6. The van der Waals surface area contributed by atoms with Crippen LogP contribution in [0.5, 0.6) is 0 Å². The van der Waals surface area contributed by atoms with Crippen LogP contribution in [0, 0.1) is 111 Å². The first kappa shape index (κ1) is 84.2. The molecule has 0 saturated heterocycles. The first-order valence-corrected chi connectivity index (χ1v) is 39.1. The van der Waals surface area contributed by atoms with Crippen LogP contribution in [-0.2, 0) is 0 Å². The highest BCUT2D eigenvalue weighted by Crippen LogP contribution is 2.31. The van der Waals surface area contributed by atoms with E-state index in [-0.39, 0.29) is 0 Å². The van der Waals surface area contributed by atoms with Crippen molar-refractivity contribution in [3.05, 3.63) is 373 Å². The van der Waals surface area contributed by atoms with Gasteiger partial charge in [-0.05, 0) is 274 Å². The summed E-state index contributed by atoms with van der Waals surface area (Å²) in [6.45, 7) is 41.9. The van der Waals surface area contributed by atoms with Crippen molar-refractivity contribution in [2.24, 2.45) is 0 Å². The van der Waals surface area contributed by atoms with E-state index in [0.29, 0.717) is 0 Å². The second-order valence-corrected chi connectivity index (χ2v) is 29.3. The van der Waals surface area contributed by atoms with Crippen molar-refractivity contribution in [3.63, 3.8) is 0 Å². The van der Waals surface area contributed by atoms with Crippen molar-refractivity contribution in [1.29, 1.82) is 0 Å². The maximum absolute atomic E-state index is 2.28. The summed E-state index contributed by atoms with van der Waals surface area (Å²) in [4.78, 5) is 6.92. The molecule has 0 unspecified atom stereocenters. The molecule has 15 aromatic rings. The molecule has 0 aliphatic carbocycles. The Morgan fingerprint density at radius 2 is 0.612 bits per heavy atom. The molecule has 0 aliphatic rings. The highest BCUT2D eigenvalue weighted by Gasteiger charge is 2.01. The number of aryl methyl sites for hydroxylation is 15. The molecule has 0 radical (unpaired) electrons. The molecular formula is C92H108S6. The number of benzene rings is 9. The average Bonchev–Trinajstić information content (AvgIpc) is 1.19. The second-order valence-electron chi connectivity index (χ2n) is 23.2. The van der Waals surface area contributed by atoms with Crippen LogP contribution >= 0.6 is 68.0 Å². The summed E-state index contributed by atoms with van der Waals surface area (Å²) in [5, 5.41) is 22.7. The molecule has 0 amide bonds. The van der Waals surface area contributed by atoms with Crippen LogP contribution in [0.3, 0.4) is 0 Å². The number of thiophene rings is 6. The minimum absolute atomic E-state index is 1.32. The molecular weight excluding hydrogens is 1300 g/mol. The van der Waals surface area contributed by atoms with Gasteiger partial charge in [-0.25, -0.2) is 0 Å². The molecule has 9 aromatic carbocycles. The molecule has 0 nitrogen and oxygen atoms in total. The molecule has 6 heteroatoms. The highest BCUT2D eigenvalue weighted by atomic mass is 32.1. The van der Waals surface area contributed by atoms with Crippen LogP contribution in [-0.4, -0.2) is 0 Å². The lowest BCUT2D eigenvalue weighted by atomic mass is 10.0. The van der Waals surface area contributed by atoms with E-state index < -0.39 is 0 Å². The van der Waals surface area contributed by atoms with Gasteiger partial charge in [0.05, 0.1) is 0 Å². The van der Waals surface area contributed by atoms with E-state index in [1.54, 1.807) is 56.7 Å². The predicted molar refractivity (Wildman–Crippen MR) is 455 cm³/mol. The summed E-state index contributed by atoms with van der Waals surface area (Å²) in [6.07, 6.45) is 0. The van der Waals surface area contributed by atoms with Gasteiger partial charge in [0.25, 0.3) is 0 Å². The standard InChI is InChI=1S/C15H12.C11H10.C9H8S2.2C9H12.C8H10.C7H8.4C5H6S.2C2H6/c1-11-5-4-8-14-9-12-6-2-3-7-13(12)10-15(11)14;1-9-5-4-7-10-6-2-3-8-11(9)10;1-7-4-5-9(11-7)8-3-2-6-10-8;1-7-4-8(2)6-9(3)5-7;1-7-5-4-6-8(2)9(7)3;1-7-3-5-8(2)6-4-7;1-7-5-3-2-4-6-7;2*1-5-2-3-6-4-5;2*1-5-3-2-4-6-5;2*1-2/h2-10H,1H3;2-8H,1H3;2-6H,1H3;2*4-6H,1-3H3;3-6H,1-2H3;2-6H,1H3;4*2-4H,1H3;2*1-2H3. The number of rotatable bonds is 1. The second kappa shape index (κ2) is 49.5. The molecule has 0 saturated carbocycles. The zero-order valence-electron chi connectivity index (χ0n) is 62.2. The third kappa shape index (κ3) is 34.9. The van der Waals surface area contributed by atoms with Gasteiger partial charge in [-0.1, -0.05) is 255 Å². The number of hydrogen-bond donors (Lipinski definition) is 0. The molecule has 0 bridgehead atoms. The predicted octanol–water partition coefficient (Wildman–Crippen LogP) is 31.0. The Morgan fingerprint density at radius 3 is 0.969 bits per heavy atom. The topological polar surface area (TPSA) is 0 Å². The summed E-state index contributed by atoms with van der Waals surface area (Å²) in [5.41, 5.74) is 17.6. The van der Waals surface area contributed by atoms with E-state index in [0.717, 1.165) is 0 Å². The summed E-state index contributed by atoms with van der Waals surface area (Å²) < 4.78 is 0. The van der Waals surface area contributed by atoms with Gasteiger partial charge in [-0.15, -0.1) is 45.3 Å². The Balaban J connectivity index is 0.000000283. The van der Waals surface area contributed by atoms with E-state index in [9.17, 15) is 0 Å². The minimum Gasteiger partial charge on any atom is -0.152 e. The molecule has 0 aliphatic heterocycles. The molecule has 512 valence electrons. The average molecular weight is 1410 g/mol. The lowest BCUT2D eigenvalue weighted by Crippen LogP contribution is -1.82. The van der Waals surface area contributed by atoms with Gasteiger partial charge >= 0.3 is 0 Å². The zero-order chi connectivity index (χ0) is 72.0. The third-order valence-electron chi connectivity index (χ3n) is 14.5. The van der Waals surface area contributed by atoms with Crippen LogP contribution in [0.1, 0.15) is 115 Å². The molecule has 0 fully saturated rings. The fourth-order valence-electron chi connectivity index (χ4n) is 9.15. The van der Waals surface area contributed by atoms with Gasteiger partial charge in [-0.2, -0.15) is 22.7 Å². The first-order chi connectivity index (χ1) is 47.2. The van der Waals surface area contributed by atoms with E-state index in [2.05, 4.69) is 379 Å². The Morgan fingerprint density at radius 1 is 0.214 bits per heavy atom. The summed E-state index contributed by atoms with van der Waals surface area (Å²) in [5.74, 6) is 0. The molecule has 0 N–H and O–H groups in total. The van der Waals surface area contributed by atoms with Crippen LogP contribution in [0.2, 0.25) is 0 Å². The fourth-order valence-corrected chi connectivity index (χ4v) is 13.2. The lowest BCUT2D eigenvalue weighted by molar-refractivity contribution is 1.27. The normalized spacial score (nSPS) is 9.43. The zero-order valence-corrected chi connectivity index (χ0v) is 67.1. The smallest absolute Gasteiger partial charge is 0.0445 e. The van der Waals surface area contributed by atoms with E-state index >= 15 is 0 Å². The van der Waals surface area contributed by atoms with Crippen molar-refractivity contribution in [3.8, 4) is 9.75 Å². The van der Waals surface area contributed by atoms with Crippen molar-refractivity contribution in [2.75, 3.05) is 0 Å². The third-order valence-corrected chi connectivity index (χ3v) is 19.8. The SMILES string of the molecule is CC.CC.Cc1cc(C)cc(C)c1.Cc1ccc(-c2cccs2)s1.Cc1ccc(C)cc1.Cc1cccc(C)c1C.Cc1cccc2cc3ccccc3cc12.Cc1cccc2ccccc12.Cc1ccccc1.Cc1cccs1.Cc1cccs1.Cc1ccsc1.Cc1ccsc1. The fraction of sp³-hybridized carbons (Fsp3) is 0.217. The van der Waals surface area contributed by atoms with Crippen LogP contribution < -0.4 is 0 Å². The van der Waals surface area contributed by atoms with Gasteiger partial charge in [0.2, 0.25) is 0 Å². The Labute approximate surface area is 616 Å². The first-order valence-electron chi connectivity index (χ1n) is 33.8. The molecule has 15 rings (SSSR count). The van der Waals surface area contributed by atoms with E-state index in [4.69, 9.17) is 0 Å². The van der Waals surface area contributed by atoms with Gasteiger partial charge < -0.3 is 0 Å². The molecule has 6 aromatic heterocycles. The van der Waals surface area contributed by atoms with Gasteiger partial charge in [0.1, 0.15) is 0 Å². The molecule has 0 spiro atoms. The van der Waals surface area contributed by atoms with Crippen LogP contribution in [0.4, 0.5) is 0 Å². The van der Waals surface area contributed by atoms with Crippen molar-refractivity contribution in [2.45, 2.75) is 138 Å². The quantitative estimate of drug-likeness (QED) is 0.144. The Kier molecular flexibility index (Phi) is 42.5. The largest absolute Gasteiger partial charge is 0.152 e. The maximum Gasteiger partial charge on any atom is 0.0445 e. The van der Waals surface area contributed by atoms with Crippen molar-refractivity contribution >= 4 is 100 Å². The van der Waals surface area contributed by atoms with Crippen LogP contribution in [0.25, 0.3) is 42.1 Å². The van der Waals surface area contributed by atoms with Gasteiger partial charge in [0, 0.05) is 24.4 Å². The van der Waals surface area contributed by atoms with Gasteiger partial charge in [0.15, 0.2) is 0 Å². The van der Waals surface area contributed by atoms with Gasteiger partial charge in [-0.3, -0.25) is 0 Å². The maximum atomic E-state index is 2.28. The van der Waals surface area contributed by atoms with E-state index in [1.165, 1.54) is 129 Å². The lowest BCUT2D eigenvalue weighted by Gasteiger charge is -2.04. The number of fused-ring (bicyclic) bond motifs is 3. The van der Waals surface area contributed by atoms with Crippen LogP contribution in [0.15, 0.2) is 286 Å².